The van der Waals surface area contributed by atoms with E-state index >= 15 is 0 Å². The van der Waals surface area contributed by atoms with Crippen molar-refractivity contribution in [1.82, 2.24) is 14.5 Å². The molecule has 5 heteroatoms. The van der Waals surface area contributed by atoms with Crippen molar-refractivity contribution in [3.8, 4) is 16.9 Å². The molecule has 0 aliphatic carbocycles. The minimum Gasteiger partial charge on any atom is -0.497 e. The topological polar surface area (TPSA) is 39.9 Å². The molecule has 108 valence electrons. The summed E-state index contributed by atoms with van der Waals surface area (Å²) in [6.45, 7) is 4.24. The molecule has 0 amide bonds. The van der Waals surface area contributed by atoms with Crippen LogP contribution in [0.1, 0.15) is 19.9 Å². The number of aromatic nitrogens is 3. The van der Waals surface area contributed by atoms with Gasteiger partial charge in [-0.05, 0) is 31.5 Å². The normalized spacial score (nSPS) is 11.3. The number of fused-ring (bicyclic) bond motifs is 1. The van der Waals surface area contributed by atoms with E-state index in [2.05, 4.69) is 34.6 Å². The number of benzene rings is 1. The van der Waals surface area contributed by atoms with E-state index in [0.29, 0.717) is 11.2 Å². The van der Waals surface area contributed by atoms with Gasteiger partial charge in [-0.2, -0.15) is 0 Å². The van der Waals surface area contributed by atoms with Gasteiger partial charge in [0.1, 0.15) is 22.9 Å². The maximum atomic E-state index is 6.30. The third kappa shape index (κ3) is 2.36. The molecule has 0 radical (unpaired) electrons. The Morgan fingerprint density at radius 1 is 1.14 bits per heavy atom. The number of hydrogen-bond donors (Lipinski definition) is 0. The summed E-state index contributed by atoms with van der Waals surface area (Å²) in [7, 11) is 1.66. The summed E-state index contributed by atoms with van der Waals surface area (Å²) in [5.41, 5.74) is 2.96. The molecule has 0 spiro atoms. The lowest BCUT2D eigenvalue weighted by Crippen LogP contribution is -1.99. The molecule has 0 unspecified atom stereocenters. The molecule has 2 aromatic heterocycles. The van der Waals surface area contributed by atoms with Gasteiger partial charge >= 0.3 is 0 Å². The van der Waals surface area contributed by atoms with E-state index < -0.39 is 0 Å². The van der Waals surface area contributed by atoms with E-state index in [1.54, 1.807) is 7.11 Å². The molecule has 2 heterocycles. The van der Waals surface area contributed by atoms with E-state index in [4.69, 9.17) is 16.3 Å². The van der Waals surface area contributed by atoms with Crippen LogP contribution in [-0.4, -0.2) is 21.6 Å². The average Bonchev–Trinajstić information content (AvgIpc) is 2.88. The first-order chi connectivity index (χ1) is 10.1. The monoisotopic (exact) mass is 301 g/mol. The van der Waals surface area contributed by atoms with Gasteiger partial charge in [-0.3, -0.25) is 0 Å². The molecule has 0 bridgehead atoms. The van der Waals surface area contributed by atoms with Gasteiger partial charge in [0, 0.05) is 17.8 Å². The first kappa shape index (κ1) is 13.9. The summed E-state index contributed by atoms with van der Waals surface area (Å²) >= 11 is 6.30. The van der Waals surface area contributed by atoms with Crippen LogP contribution in [0.3, 0.4) is 0 Å². The second-order valence-corrected chi connectivity index (χ2v) is 5.49. The molecule has 0 N–H and O–H groups in total. The maximum absolute atomic E-state index is 6.30. The van der Waals surface area contributed by atoms with Crippen LogP contribution in [0.15, 0.2) is 36.8 Å². The number of halogens is 1. The van der Waals surface area contributed by atoms with Crippen LogP contribution in [0.5, 0.6) is 5.75 Å². The third-order valence-electron chi connectivity index (χ3n) is 3.52. The molecule has 4 nitrogen and oxygen atoms in total. The Morgan fingerprint density at radius 2 is 1.86 bits per heavy atom. The zero-order valence-electron chi connectivity index (χ0n) is 12.2. The fourth-order valence-electron chi connectivity index (χ4n) is 2.43. The van der Waals surface area contributed by atoms with Crippen LogP contribution >= 0.6 is 11.6 Å². The quantitative estimate of drug-likeness (QED) is 0.676. The highest BCUT2D eigenvalue weighted by atomic mass is 35.5. The molecule has 1 aromatic carbocycles. The number of rotatable bonds is 3. The molecule has 0 saturated heterocycles. The van der Waals surface area contributed by atoms with Gasteiger partial charge in [0.05, 0.1) is 12.5 Å². The van der Waals surface area contributed by atoms with Crippen molar-refractivity contribution in [2.24, 2.45) is 0 Å². The lowest BCUT2D eigenvalue weighted by molar-refractivity contribution is 0.415. The summed E-state index contributed by atoms with van der Waals surface area (Å²) < 4.78 is 7.32. The van der Waals surface area contributed by atoms with Gasteiger partial charge in [0.2, 0.25) is 0 Å². The Kier molecular flexibility index (Phi) is 3.55. The van der Waals surface area contributed by atoms with Crippen LogP contribution in [0, 0.1) is 0 Å². The molecule has 0 aliphatic heterocycles. The van der Waals surface area contributed by atoms with E-state index in [9.17, 15) is 0 Å². The first-order valence-corrected chi connectivity index (χ1v) is 7.15. The molecule has 0 fully saturated rings. The van der Waals surface area contributed by atoms with Gasteiger partial charge in [0.15, 0.2) is 0 Å². The van der Waals surface area contributed by atoms with Crippen LogP contribution in [0.4, 0.5) is 0 Å². The summed E-state index contributed by atoms with van der Waals surface area (Å²) in [6, 6.07) is 8.20. The van der Waals surface area contributed by atoms with Crippen molar-refractivity contribution in [3.63, 3.8) is 0 Å². The highest BCUT2D eigenvalue weighted by Crippen LogP contribution is 2.35. The smallest absolute Gasteiger partial charge is 0.145 e. The van der Waals surface area contributed by atoms with Crippen molar-refractivity contribution in [2.75, 3.05) is 7.11 Å². The van der Waals surface area contributed by atoms with E-state index in [1.807, 2.05) is 24.3 Å². The van der Waals surface area contributed by atoms with Crippen molar-refractivity contribution in [3.05, 3.63) is 41.9 Å². The van der Waals surface area contributed by atoms with Crippen LogP contribution in [0.2, 0.25) is 5.15 Å². The fraction of sp³-hybridized carbons (Fsp3) is 0.250. The van der Waals surface area contributed by atoms with E-state index in [0.717, 1.165) is 27.9 Å². The largest absolute Gasteiger partial charge is 0.497 e. The summed E-state index contributed by atoms with van der Waals surface area (Å²) in [4.78, 5) is 8.50. The predicted octanol–water partition coefficient (Wildman–Crippen LogP) is 4.34. The van der Waals surface area contributed by atoms with Crippen molar-refractivity contribution < 1.29 is 4.74 Å². The Hall–Kier alpha value is -2.07. The van der Waals surface area contributed by atoms with E-state index in [1.165, 1.54) is 6.33 Å². The first-order valence-electron chi connectivity index (χ1n) is 6.77. The zero-order chi connectivity index (χ0) is 15.0. The molecule has 21 heavy (non-hydrogen) atoms. The van der Waals surface area contributed by atoms with Crippen molar-refractivity contribution in [1.29, 1.82) is 0 Å². The molecule has 3 rings (SSSR count). The van der Waals surface area contributed by atoms with Gasteiger partial charge in [-0.1, -0.05) is 23.7 Å². The number of methoxy groups -OCH3 is 1. The van der Waals surface area contributed by atoms with Gasteiger partial charge < -0.3 is 9.30 Å². The molecule has 0 aliphatic rings. The summed E-state index contributed by atoms with van der Waals surface area (Å²) in [5.74, 6) is 0.827. The number of nitrogens with zero attached hydrogens (tertiary/aromatic N) is 3. The fourth-order valence-corrected chi connectivity index (χ4v) is 2.66. The zero-order valence-corrected chi connectivity index (χ0v) is 12.9. The van der Waals surface area contributed by atoms with Gasteiger partial charge in [-0.25, -0.2) is 9.97 Å². The second kappa shape index (κ2) is 5.37. The lowest BCUT2D eigenvalue weighted by atomic mass is 10.1. The highest BCUT2D eigenvalue weighted by molar-refractivity contribution is 6.35. The van der Waals surface area contributed by atoms with Crippen LogP contribution in [0.25, 0.3) is 22.2 Å². The van der Waals surface area contributed by atoms with Crippen molar-refractivity contribution >= 4 is 22.6 Å². The maximum Gasteiger partial charge on any atom is 0.145 e. The lowest BCUT2D eigenvalue weighted by Gasteiger charge is -2.07. The number of ether oxygens (including phenoxy) is 1. The SMILES string of the molecule is COc1ccc(-c2cn(C(C)C)c3ncnc(Cl)c23)cc1. The second-order valence-electron chi connectivity index (χ2n) is 5.14. The Morgan fingerprint density at radius 3 is 2.48 bits per heavy atom. The van der Waals surface area contributed by atoms with Gasteiger partial charge in [-0.15, -0.1) is 0 Å². The summed E-state index contributed by atoms with van der Waals surface area (Å²) in [6.07, 6.45) is 3.58. The Labute approximate surface area is 128 Å². The van der Waals surface area contributed by atoms with Crippen LogP contribution < -0.4 is 4.74 Å². The van der Waals surface area contributed by atoms with Crippen LogP contribution in [-0.2, 0) is 0 Å². The highest BCUT2D eigenvalue weighted by Gasteiger charge is 2.16. The molecular weight excluding hydrogens is 286 g/mol. The Balaban J connectivity index is 2.26. The molecule has 0 saturated carbocycles. The van der Waals surface area contributed by atoms with E-state index in [-0.39, 0.29) is 0 Å². The molecular formula is C16H16ClN3O. The molecule has 0 atom stereocenters. The number of hydrogen-bond acceptors (Lipinski definition) is 3. The minimum atomic E-state index is 0.297. The van der Waals surface area contributed by atoms with Gasteiger partial charge in [0.25, 0.3) is 0 Å². The summed E-state index contributed by atoms with van der Waals surface area (Å²) in [5, 5.41) is 1.36. The molecule has 3 aromatic rings. The average molecular weight is 302 g/mol. The standard InChI is InChI=1S/C16H16ClN3O/c1-10(2)20-8-13(11-4-6-12(21-3)7-5-11)14-15(17)18-9-19-16(14)20/h4-10H,1-3H3. The van der Waals surface area contributed by atoms with Crippen molar-refractivity contribution in [2.45, 2.75) is 19.9 Å². The third-order valence-corrected chi connectivity index (χ3v) is 3.81. The Bertz CT molecular complexity index is 778. The predicted molar refractivity (Wildman–Crippen MR) is 84.9 cm³/mol. The minimum absolute atomic E-state index is 0.297.